The molecule has 0 unspecified atom stereocenters. The molecule has 1 aliphatic rings. The molecular formula is C7H15ClN2O2S. The Morgan fingerprint density at radius 2 is 1.85 bits per heavy atom. The summed E-state index contributed by atoms with van der Waals surface area (Å²) in [5, 5.41) is 4.73. The number of hydrogen-bond acceptors (Lipinski definition) is 3. The highest BCUT2D eigenvalue weighted by atomic mass is 35.5. The minimum atomic E-state index is -3.32. The second-order valence-corrected chi connectivity index (χ2v) is 5.68. The molecule has 78 valence electrons. The fourth-order valence-corrected chi connectivity index (χ4v) is 2.92. The summed E-state index contributed by atoms with van der Waals surface area (Å²) in [5.41, 5.74) is 0. The van der Waals surface area contributed by atoms with E-state index in [9.17, 15) is 8.42 Å². The smallest absolute Gasteiger partial charge is 0.211 e. The zero-order chi connectivity index (χ0) is 9.90. The molecule has 0 saturated heterocycles. The molecule has 0 spiro atoms. The summed E-state index contributed by atoms with van der Waals surface area (Å²) in [6, 6.07) is 0. The Kier molecular flexibility index (Phi) is 3.97. The van der Waals surface area contributed by atoms with E-state index in [0.29, 0.717) is 18.8 Å². The van der Waals surface area contributed by atoms with Gasteiger partial charge in [-0.1, -0.05) is 0 Å². The highest BCUT2D eigenvalue weighted by Crippen LogP contribution is 2.26. The Hall–Kier alpha value is 0.160. The minimum absolute atomic E-state index is 0.334. The van der Waals surface area contributed by atoms with Crippen molar-refractivity contribution >= 4 is 21.8 Å². The van der Waals surface area contributed by atoms with Crippen molar-refractivity contribution in [3.05, 3.63) is 0 Å². The van der Waals surface area contributed by atoms with Gasteiger partial charge in [0.2, 0.25) is 10.0 Å². The van der Waals surface area contributed by atoms with Crippen LogP contribution in [-0.2, 0) is 10.0 Å². The molecule has 0 aromatic carbocycles. The Morgan fingerprint density at radius 3 is 2.23 bits per heavy atom. The van der Waals surface area contributed by atoms with Crippen LogP contribution in [0.4, 0.5) is 0 Å². The molecule has 0 atom stereocenters. The largest absolute Gasteiger partial charge is 0.233 e. The molecule has 0 aromatic rings. The highest BCUT2D eigenvalue weighted by molar-refractivity contribution is 7.89. The lowest BCUT2D eigenvalue weighted by Crippen LogP contribution is -2.33. The van der Waals surface area contributed by atoms with Crippen molar-refractivity contribution in [1.82, 2.24) is 4.84 Å². The minimum Gasteiger partial charge on any atom is -0.233 e. The zero-order valence-electron chi connectivity index (χ0n) is 7.37. The second kappa shape index (κ2) is 4.59. The van der Waals surface area contributed by atoms with E-state index in [-0.39, 0.29) is 5.25 Å². The predicted octanol–water partition coefficient (Wildman–Crippen LogP) is 0.577. The van der Waals surface area contributed by atoms with Crippen LogP contribution in [0.1, 0.15) is 25.7 Å². The monoisotopic (exact) mass is 226 g/mol. The normalized spacial score (nSPS) is 30.3. The third-order valence-electron chi connectivity index (χ3n) is 2.62. The predicted molar refractivity (Wildman–Crippen MR) is 52.7 cm³/mol. The van der Waals surface area contributed by atoms with Crippen molar-refractivity contribution in [2.24, 2.45) is 11.1 Å². The number of sulfonamides is 1. The molecule has 1 saturated carbocycles. The molecule has 1 fully saturated rings. The van der Waals surface area contributed by atoms with Crippen LogP contribution in [0.5, 0.6) is 0 Å². The van der Waals surface area contributed by atoms with Crippen LogP contribution in [0.2, 0.25) is 0 Å². The summed E-state index contributed by atoms with van der Waals surface area (Å²) in [6.07, 6.45) is 3.12. The lowest BCUT2D eigenvalue weighted by Gasteiger charge is -2.26. The van der Waals surface area contributed by atoms with E-state index in [4.69, 9.17) is 16.9 Å². The maximum absolute atomic E-state index is 11.0. The number of halogens is 1. The quantitative estimate of drug-likeness (QED) is 0.692. The lowest BCUT2D eigenvalue weighted by atomic mass is 9.89. The number of nitrogens with two attached hydrogens (primary N) is 1. The zero-order valence-corrected chi connectivity index (χ0v) is 8.94. The van der Waals surface area contributed by atoms with E-state index in [0.717, 1.165) is 19.4 Å². The topological polar surface area (TPSA) is 72.2 Å². The molecule has 0 aromatic heterocycles. The first-order valence-electron chi connectivity index (χ1n) is 4.39. The summed E-state index contributed by atoms with van der Waals surface area (Å²) in [4.78, 5) is 2.58. The van der Waals surface area contributed by atoms with E-state index < -0.39 is 10.0 Å². The van der Waals surface area contributed by atoms with E-state index in [1.165, 1.54) is 0 Å². The molecule has 13 heavy (non-hydrogen) atoms. The third kappa shape index (κ3) is 3.42. The first-order chi connectivity index (χ1) is 6.04. The third-order valence-corrected chi connectivity index (χ3v) is 4.18. The molecule has 0 radical (unpaired) electrons. The lowest BCUT2D eigenvalue weighted by molar-refractivity contribution is 0.358. The van der Waals surface area contributed by atoms with E-state index in [1.807, 2.05) is 0 Å². The average molecular weight is 227 g/mol. The van der Waals surface area contributed by atoms with Gasteiger partial charge in [0, 0.05) is 6.54 Å². The van der Waals surface area contributed by atoms with Crippen molar-refractivity contribution in [3.8, 4) is 0 Å². The molecule has 1 aliphatic carbocycles. The van der Waals surface area contributed by atoms with Gasteiger partial charge in [-0.3, -0.25) is 0 Å². The number of hydrogen-bond donors (Lipinski definition) is 2. The maximum atomic E-state index is 11.0. The molecule has 6 heteroatoms. The standard InChI is InChI=1S/C7H15ClN2O2S/c8-10-5-6-1-3-7(4-2-6)13(9,11)12/h6-7,10H,1-5H2,(H2,9,11,12). The Labute approximate surface area is 84.0 Å². The fraction of sp³-hybridized carbons (Fsp3) is 1.00. The molecule has 0 amide bonds. The van der Waals surface area contributed by atoms with Crippen molar-refractivity contribution in [2.45, 2.75) is 30.9 Å². The molecule has 0 bridgehead atoms. The second-order valence-electron chi connectivity index (χ2n) is 3.57. The summed E-state index contributed by atoms with van der Waals surface area (Å²) < 4.78 is 22.0. The van der Waals surface area contributed by atoms with Crippen LogP contribution in [0.15, 0.2) is 0 Å². The van der Waals surface area contributed by atoms with Crippen LogP contribution in [-0.4, -0.2) is 20.2 Å². The van der Waals surface area contributed by atoms with Crippen LogP contribution in [0.25, 0.3) is 0 Å². The van der Waals surface area contributed by atoms with Gasteiger partial charge in [-0.15, -0.1) is 0 Å². The molecule has 3 N–H and O–H groups in total. The Bertz CT molecular complexity index is 247. The molecule has 0 heterocycles. The van der Waals surface area contributed by atoms with Crippen molar-refractivity contribution in [1.29, 1.82) is 0 Å². The first-order valence-corrected chi connectivity index (χ1v) is 6.38. The van der Waals surface area contributed by atoms with Gasteiger partial charge < -0.3 is 0 Å². The van der Waals surface area contributed by atoms with E-state index in [2.05, 4.69) is 4.84 Å². The summed E-state index contributed by atoms with van der Waals surface area (Å²) >= 11 is 5.37. The number of primary sulfonamides is 1. The van der Waals surface area contributed by atoms with Gasteiger partial charge in [-0.2, -0.15) is 0 Å². The Morgan fingerprint density at radius 1 is 1.31 bits per heavy atom. The fourth-order valence-electron chi connectivity index (χ4n) is 1.77. The SMILES string of the molecule is NS(=O)(=O)C1CCC(CNCl)CC1. The van der Waals surface area contributed by atoms with E-state index in [1.54, 1.807) is 0 Å². The van der Waals surface area contributed by atoms with Crippen LogP contribution < -0.4 is 9.97 Å². The van der Waals surface area contributed by atoms with Gasteiger partial charge in [0.1, 0.15) is 0 Å². The van der Waals surface area contributed by atoms with Gasteiger partial charge in [-0.05, 0) is 43.4 Å². The molecular weight excluding hydrogens is 212 g/mol. The first kappa shape index (κ1) is 11.2. The van der Waals surface area contributed by atoms with Crippen molar-refractivity contribution < 1.29 is 8.42 Å². The van der Waals surface area contributed by atoms with E-state index >= 15 is 0 Å². The van der Waals surface area contributed by atoms with Gasteiger partial charge in [0.25, 0.3) is 0 Å². The summed E-state index contributed by atoms with van der Waals surface area (Å²) in [5.74, 6) is 0.496. The van der Waals surface area contributed by atoms with Crippen LogP contribution in [0.3, 0.4) is 0 Å². The van der Waals surface area contributed by atoms with Gasteiger partial charge in [0.15, 0.2) is 0 Å². The maximum Gasteiger partial charge on any atom is 0.211 e. The summed E-state index contributed by atoms with van der Waals surface area (Å²) in [7, 11) is -3.32. The highest BCUT2D eigenvalue weighted by Gasteiger charge is 2.27. The van der Waals surface area contributed by atoms with Gasteiger partial charge >= 0.3 is 0 Å². The number of rotatable bonds is 3. The van der Waals surface area contributed by atoms with Crippen LogP contribution >= 0.6 is 11.8 Å². The summed E-state index contributed by atoms with van der Waals surface area (Å²) in [6.45, 7) is 0.749. The number of nitrogens with one attached hydrogen (secondary N) is 1. The van der Waals surface area contributed by atoms with Crippen LogP contribution in [0, 0.1) is 5.92 Å². The van der Waals surface area contributed by atoms with Gasteiger partial charge in [-0.25, -0.2) is 18.4 Å². The Balaban J connectivity index is 2.39. The van der Waals surface area contributed by atoms with Gasteiger partial charge in [0.05, 0.1) is 5.25 Å². The molecule has 0 aliphatic heterocycles. The molecule has 1 rings (SSSR count). The molecule has 4 nitrogen and oxygen atoms in total. The van der Waals surface area contributed by atoms with Crippen molar-refractivity contribution in [2.75, 3.05) is 6.54 Å². The van der Waals surface area contributed by atoms with Crippen molar-refractivity contribution in [3.63, 3.8) is 0 Å². The average Bonchev–Trinajstić information content (AvgIpc) is 2.04.